The predicted octanol–water partition coefficient (Wildman–Crippen LogP) is 1.29. The van der Waals surface area contributed by atoms with E-state index in [1.165, 1.54) is 0 Å². The molecule has 0 unspecified atom stereocenters. The minimum atomic E-state index is 0.0286. The summed E-state index contributed by atoms with van der Waals surface area (Å²) in [6.45, 7) is 3.47. The van der Waals surface area contributed by atoms with Gasteiger partial charge in [-0.15, -0.1) is 5.10 Å². The molecule has 3 aromatic heterocycles. The van der Waals surface area contributed by atoms with Gasteiger partial charge in [-0.2, -0.15) is 0 Å². The van der Waals surface area contributed by atoms with Crippen molar-refractivity contribution in [3.05, 3.63) is 42.1 Å². The largest absolute Gasteiger partial charge is 0.338 e. The van der Waals surface area contributed by atoms with E-state index in [0.717, 1.165) is 44.7 Å². The average molecular weight is 382 g/mol. The number of piperidine rings is 1. The molecule has 1 saturated heterocycles. The van der Waals surface area contributed by atoms with Crippen LogP contribution in [0.25, 0.3) is 5.65 Å². The molecule has 4 heterocycles. The van der Waals surface area contributed by atoms with E-state index in [-0.39, 0.29) is 11.8 Å². The van der Waals surface area contributed by atoms with E-state index in [2.05, 4.69) is 50.3 Å². The van der Waals surface area contributed by atoms with Gasteiger partial charge in [0.05, 0.1) is 0 Å². The number of fused-ring (bicyclic) bond motifs is 1. The molecule has 0 aliphatic carbocycles. The minimum Gasteiger partial charge on any atom is -0.338 e. The smallest absolute Gasteiger partial charge is 0.254 e. The van der Waals surface area contributed by atoms with Crippen molar-refractivity contribution in [2.24, 2.45) is 0 Å². The summed E-state index contributed by atoms with van der Waals surface area (Å²) in [6.07, 6.45) is 8.77. The molecule has 1 amide bonds. The summed E-state index contributed by atoms with van der Waals surface area (Å²) < 4.78 is 3.80. The molecule has 0 aromatic carbocycles. The topological polar surface area (TPSA) is 84.5 Å². The molecule has 0 spiro atoms. The Balaban J connectivity index is 1.45. The maximum Gasteiger partial charge on any atom is 0.254 e. The zero-order chi connectivity index (χ0) is 19.5. The summed E-state index contributed by atoms with van der Waals surface area (Å²) in [5.41, 5.74) is 1.20. The highest BCUT2D eigenvalue weighted by Gasteiger charge is 2.28. The zero-order valence-electron chi connectivity index (χ0n) is 16.4. The van der Waals surface area contributed by atoms with Gasteiger partial charge in [-0.3, -0.25) is 4.79 Å². The summed E-state index contributed by atoms with van der Waals surface area (Å²) in [5, 5.41) is 11.4. The van der Waals surface area contributed by atoms with E-state index in [1.54, 1.807) is 22.8 Å². The lowest BCUT2D eigenvalue weighted by Crippen LogP contribution is -2.39. The average Bonchev–Trinajstić information content (AvgIpc) is 3.36. The first-order valence-corrected chi connectivity index (χ1v) is 9.74. The Morgan fingerprint density at radius 1 is 1.32 bits per heavy atom. The van der Waals surface area contributed by atoms with Gasteiger partial charge in [0.2, 0.25) is 0 Å². The lowest BCUT2D eigenvalue weighted by molar-refractivity contribution is 0.0703. The Bertz CT molecular complexity index is 946. The van der Waals surface area contributed by atoms with E-state index < -0.39 is 0 Å². The fraction of sp³-hybridized carbons (Fsp3) is 0.526. The van der Waals surface area contributed by atoms with Crippen molar-refractivity contribution in [3.63, 3.8) is 0 Å². The molecule has 28 heavy (non-hydrogen) atoms. The monoisotopic (exact) mass is 382 g/mol. The van der Waals surface area contributed by atoms with Crippen molar-refractivity contribution in [3.8, 4) is 0 Å². The van der Waals surface area contributed by atoms with Crippen molar-refractivity contribution in [2.75, 3.05) is 33.7 Å². The molecule has 9 nitrogen and oxygen atoms in total. The molecule has 1 fully saturated rings. The second-order valence-corrected chi connectivity index (χ2v) is 7.62. The van der Waals surface area contributed by atoms with Crippen LogP contribution in [0.1, 0.15) is 41.4 Å². The predicted molar refractivity (Wildman–Crippen MR) is 104 cm³/mol. The lowest BCUT2D eigenvalue weighted by Gasteiger charge is -2.32. The van der Waals surface area contributed by atoms with Gasteiger partial charge in [0.25, 0.3) is 5.91 Å². The van der Waals surface area contributed by atoms with Crippen LogP contribution in [0.3, 0.4) is 0 Å². The highest BCUT2D eigenvalue weighted by molar-refractivity contribution is 5.95. The summed E-state index contributed by atoms with van der Waals surface area (Å²) >= 11 is 0. The number of aromatic nitrogens is 6. The Labute approximate surface area is 163 Å². The fourth-order valence-electron chi connectivity index (χ4n) is 3.85. The van der Waals surface area contributed by atoms with Gasteiger partial charge in [-0.1, -0.05) is 0 Å². The molecule has 148 valence electrons. The molecular weight excluding hydrogens is 356 g/mol. The molecular formula is C19H26N8O. The second-order valence-electron chi connectivity index (χ2n) is 7.62. The Morgan fingerprint density at radius 3 is 3.07 bits per heavy atom. The first-order valence-electron chi connectivity index (χ1n) is 9.74. The number of tetrazole rings is 1. The third-order valence-electron chi connectivity index (χ3n) is 5.27. The number of nitrogens with zero attached hydrogens (tertiary/aromatic N) is 8. The van der Waals surface area contributed by atoms with Crippen LogP contribution < -0.4 is 0 Å². The van der Waals surface area contributed by atoms with E-state index in [1.807, 2.05) is 11.1 Å². The number of rotatable bonds is 6. The van der Waals surface area contributed by atoms with E-state index in [4.69, 9.17) is 0 Å². The number of amides is 1. The SMILES string of the molecule is CN(C)CCCn1ccnc1[C@@H]1CCCN(C(=O)c2ccn3nnnc3c2)C1. The highest BCUT2D eigenvalue weighted by Crippen LogP contribution is 2.27. The van der Waals surface area contributed by atoms with Gasteiger partial charge in [-0.05, 0) is 62.5 Å². The number of hydrogen-bond donors (Lipinski definition) is 0. The molecule has 0 bridgehead atoms. The van der Waals surface area contributed by atoms with Crippen LogP contribution in [0.4, 0.5) is 0 Å². The van der Waals surface area contributed by atoms with Crippen LogP contribution in [0.5, 0.6) is 0 Å². The Hall–Kier alpha value is -2.81. The summed E-state index contributed by atoms with van der Waals surface area (Å²) in [5.74, 6) is 1.39. The molecule has 0 radical (unpaired) electrons. The molecule has 1 atom stereocenters. The zero-order valence-corrected chi connectivity index (χ0v) is 16.4. The molecule has 1 aliphatic heterocycles. The minimum absolute atomic E-state index is 0.0286. The van der Waals surface area contributed by atoms with E-state index in [9.17, 15) is 4.79 Å². The molecule has 0 saturated carbocycles. The first kappa shape index (κ1) is 18.5. The van der Waals surface area contributed by atoms with Gasteiger partial charge in [0.15, 0.2) is 5.65 Å². The van der Waals surface area contributed by atoms with Crippen molar-refractivity contribution in [1.82, 2.24) is 39.4 Å². The second kappa shape index (κ2) is 8.05. The fourth-order valence-corrected chi connectivity index (χ4v) is 3.85. The lowest BCUT2D eigenvalue weighted by atomic mass is 9.96. The number of carbonyl (C=O) groups is 1. The van der Waals surface area contributed by atoms with Crippen molar-refractivity contribution < 1.29 is 4.79 Å². The third-order valence-corrected chi connectivity index (χ3v) is 5.27. The van der Waals surface area contributed by atoms with Crippen LogP contribution in [0.2, 0.25) is 0 Å². The number of imidazole rings is 1. The normalized spacial score (nSPS) is 17.5. The number of likely N-dealkylation sites (tertiary alicyclic amines) is 1. The van der Waals surface area contributed by atoms with Gasteiger partial charge in [0, 0.05) is 49.7 Å². The molecule has 1 aliphatic rings. The van der Waals surface area contributed by atoms with Crippen LogP contribution in [0, 0.1) is 0 Å². The van der Waals surface area contributed by atoms with E-state index >= 15 is 0 Å². The van der Waals surface area contributed by atoms with Gasteiger partial charge in [-0.25, -0.2) is 9.50 Å². The standard InChI is InChI=1S/C19H26N8O/c1-24(2)8-4-10-25-12-7-20-18(25)16-5-3-9-26(14-16)19(28)15-6-11-27-17(13-15)21-22-23-27/h6-7,11-13,16H,3-5,8-10,14H2,1-2H3/t16-/m1/s1. The van der Waals surface area contributed by atoms with Gasteiger partial charge >= 0.3 is 0 Å². The molecule has 3 aromatic rings. The van der Waals surface area contributed by atoms with E-state index in [0.29, 0.717) is 17.8 Å². The van der Waals surface area contributed by atoms with Crippen molar-refractivity contribution in [1.29, 1.82) is 0 Å². The quantitative estimate of drug-likeness (QED) is 0.639. The van der Waals surface area contributed by atoms with Crippen LogP contribution in [0.15, 0.2) is 30.7 Å². The maximum absolute atomic E-state index is 13.0. The first-order chi connectivity index (χ1) is 13.6. The number of carbonyl (C=O) groups excluding carboxylic acids is 1. The van der Waals surface area contributed by atoms with Crippen molar-refractivity contribution >= 4 is 11.6 Å². The molecule has 4 rings (SSSR count). The highest BCUT2D eigenvalue weighted by atomic mass is 16.2. The Morgan fingerprint density at radius 2 is 2.21 bits per heavy atom. The van der Waals surface area contributed by atoms with Crippen LogP contribution >= 0.6 is 0 Å². The summed E-state index contributed by atoms with van der Waals surface area (Å²) in [7, 11) is 4.18. The maximum atomic E-state index is 13.0. The van der Waals surface area contributed by atoms with Gasteiger partial charge in [0.1, 0.15) is 5.82 Å². The summed E-state index contributed by atoms with van der Waals surface area (Å²) in [6, 6.07) is 3.52. The number of pyridine rings is 1. The Kier molecular flexibility index (Phi) is 5.34. The van der Waals surface area contributed by atoms with Gasteiger partial charge < -0.3 is 14.4 Å². The molecule has 9 heteroatoms. The van der Waals surface area contributed by atoms with Crippen molar-refractivity contribution in [2.45, 2.75) is 31.7 Å². The van der Waals surface area contributed by atoms with Crippen LogP contribution in [-0.4, -0.2) is 79.0 Å². The molecule has 0 N–H and O–H groups in total. The number of hydrogen-bond acceptors (Lipinski definition) is 6. The third kappa shape index (κ3) is 3.89. The summed E-state index contributed by atoms with van der Waals surface area (Å²) in [4.78, 5) is 21.8. The van der Waals surface area contributed by atoms with Crippen LogP contribution in [-0.2, 0) is 6.54 Å². The number of aryl methyl sites for hydroxylation is 1.